The molecule has 0 saturated carbocycles. The second-order valence-electron chi connectivity index (χ2n) is 12.2. The second kappa shape index (κ2) is 15.3. The van der Waals surface area contributed by atoms with Gasteiger partial charge in [-0.25, -0.2) is 9.59 Å². The fraction of sp³-hybridized carbons (Fsp3) is 0.548. The summed E-state index contributed by atoms with van der Waals surface area (Å²) in [4.78, 5) is 76.1. The number of ketones is 1. The number of nitrogens with one attached hydrogen (secondary N) is 2. The number of benzene rings is 1. The van der Waals surface area contributed by atoms with Gasteiger partial charge in [-0.1, -0.05) is 30.3 Å². The number of esters is 1. The van der Waals surface area contributed by atoms with Gasteiger partial charge >= 0.3 is 12.1 Å². The third-order valence-electron chi connectivity index (χ3n) is 6.03. The van der Waals surface area contributed by atoms with Crippen LogP contribution in [0.15, 0.2) is 42.5 Å². The molecule has 0 aliphatic carbocycles. The molecular formula is C31H43N3O8. The number of hydrogen-bond acceptors (Lipinski definition) is 8. The third kappa shape index (κ3) is 12.7. The van der Waals surface area contributed by atoms with E-state index < -0.39 is 41.1 Å². The molecule has 1 heterocycles. The van der Waals surface area contributed by atoms with Crippen molar-refractivity contribution in [1.29, 1.82) is 0 Å². The van der Waals surface area contributed by atoms with E-state index in [2.05, 4.69) is 10.6 Å². The Bertz CT molecular complexity index is 1150. The van der Waals surface area contributed by atoms with Crippen LogP contribution in [0.1, 0.15) is 72.8 Å². The van der Waals surface area contributed by atoms with E-state index in [0.717, 1.165) is 10.5 Å². The van der Waals surface area contributed by atoms with Crippen LogP contribution in [0.2, 0.25) is 0 Å². The van der Waals surface area contributed by atoms with Gasteiger partial charge in [0.25, 0.3) is 11.8 Å². The lowest BCUT2D eigenvalue weighted by molar-refractivity contribution is -0.159. The molecule has 11 heteroatoms. The molecule has 0 unspecified atom stereocenters. The lowest BCUT2D eigenvalue weighted by Gasteiger charge is -2.26. The second-order valence-corrected chi connectivity index (χ2v) is 12.2. The van der Waals surface area contributed by atoms with Crippen LogP contribution in [0.25, 0.3) is 0 Å². The highest BCUT2D eigenvalue weighted by molar-refractivity contribution is 6.12. The Labute approximate surface area is 247 Å². The molecule has 1 aliphatic heterocycles. The zero-order chi connectivity index (χ0) is 31.5. The van der Waals surface area contributed by atoms with Crippen LogP contribution in [0.3, 0.4) is 0 Å². The third-order valence-corrected chi connectivity index (χ3v) is 6.03. The average Bonchev–Trinajstić information content (AvgIpc) is 3.19. The van der Waals surface area contributed by atoms with Gasteiger partial charge in [0, 0.05) is 31.0 Å². The van der Waals surface area contributed by atoms with Crippen LogP contribution in [0.4, 0.5) is 4.79 Å². The average molecular weight is 586 g/mol. The van der Waals surface area contributed by atoms with Gasteiger partial charge in [0.2, 0.25) is 5.91 Å². The van der Waals surface area contributed by atoms with Gasteiger partial charge in [0.15, 0.2) is 5.78 Å². The number of rotatable bonds is 14. The summed E-state index contributed by atoms with van der Waals surface area (Å²) in [7, 11) is 0. The Morgan fingerprint density at radius 2 is 1.45 bits per heavy atom. The summed E-state index contributed by atoms with van der Waals surface area (Å²) in [6.07, 6.45) is 2.79. The molecule has 2 N–H and O–H groups in total. The predicted molar refractivity (Wildman–Crippen MR) is 155 cm³/mol. The van der Waals surface area contributed by atoms with Gasteiger partial charge in [-0.3, -0.25) is 24.1 Å². The summed E-state index contributed by atoms with van der Waals surface area (Å²) in [6.45, 7) is 10.2. The smallest absolute Gasteiger partial charge is 0.408 e. The summed E-state index contributed by atoms with van der Waals surface area (Å²) < 4.78 is 10.7. The summed E-state index contributed by atoms with van der Waals surface area (Å²) in [6, 6.07) is 8.16. The number of carbonyl (C=O) groups is 6. The molecule has 2 rings (SSSR count). The number of ether oxygens (including phenoxy) is 2. The number of unbranched alkanes of at least 4 members (excludes halogenated alkanes) is 1. The van der Waals surface area contributed by atoms with Gasteiger partial charge in [0.05, 0.1) is 6.54 Å². The van der Waals surface area contributed by atoms with Crippen LogP contribution in [0, 0.1) is 5.92 Å². The molecule has 0 bridgehead atoms. The van der Waals surface area contributed by atoms with Crippen molar-refractivity contribution < 1.29 is 38.2 Å². The number of imide groups is 1. The van der Waals surface area contributed by atoms with Crippen molar-refractivity contribution in [3.63, 3.8) is 0 Å². The highest BCUT2D eigenvalue weighted by atomic mass is 16.6. The quantitative estimate of drug-likeness (QED) is 0.192. The van der Waals surface area contributed by atoms with E-state index in [0.29, 0.717) is 12.8 Å². The fourth-order valence-electron chi connectivity index (χ4n) is 4.17. The van der Waals surface area contributed by atoms with Crippen LogP contribution in [-0.2, 0) is 39.9 Å². The molecular weight excluding hydrogens is 542 g/mol. The van der Waals surface area contributed by atoms with Gasteiger partial charge in [-0.05, 0) is 72.8 Å². The molecule has 230 valence electrons. The first-order chi connectivity index (χ1) is 19.5. The molecule has 1 aromatic carbocycles. The van der Waals surface area contributed by atoms with Gasteiger partial charge in [-0.15, -0.1) is 0 Å². The molecule has 1 aromatic rings. The minimum Gasteiger partial charge on any atom is -0.458 e. The van der Waals surface area contributed by atoms with Crippen LogP contribution < -0.4 is 10.6 Å². The SMILES string of the molecule is CC(C)(C)OC(=O)NCC(=O)C[C@@H](Cc1ccccc1)C(=O)N[C@@H](CCCCN1C(=O)C=CC1=O)C(=O)OC(C)(C)C. The zero-order valence-electron chi connectivity index (χ0n) is 25.4. The van der Waals surface area contributed by atoms with Crippen molar-refractivity contribution in [3.05, 3.63) is 48.0 Å². The summed E-state index contributed by atoms with van der Waals surface area (Å²) in [5.41, 5.74) is -0.698. The van der Waals surface area contributed by atoms with Crippen molar-refractivity contribution in [3.8, 4) is 0 Å². The van der Waals surface area contributed by atoms with E-state index in [9.17, 15) is 28.8 Å². The number of alkyl carbamates (subject to hydrolysis) is 1. The number of amides is 4. The lowest BCUT2D eigenvalue weighted by Crippen LogP contribution is -2.47. The van der Waals surface area contributed by atoms with E-state index in [1.165, 1.54) is 12.2 Å². The van der Waals surface area contributed by atoms with E-state index in [1.807, 2.05) is 30.3 Å². The van der Waals surface area contributed by atoms with E-state index >= 15 is 0 Å². The minimum absolute atomic E-state index is 0.177. The summed E-state index contributed by atoms with van der Waals surface area (Å²) in [5, 5.41) is 5.19. The Kier molecular flexibility index (Phi) is 12.4. The number of carbonyl (C=O) groups excluding carboxylic acids is 6. The molecule has 0 spiro atoms. The highest BCUT2D eigenvalue weighted by Crippen LogP contribution is 2.17. The largest absolute Gasteiger partial charge is 0.458 e. The Morgan fingerprint density at radius 1 is 0.857 bits per heavy atom. The van der Waals surface area contributed by atoms with Gasteiger partial charge in [-0.2, -0.15) is 0 Å². The van der Waals surface area contributed by atoms with Crippen molar-refractivity contribution in [2.45, 2.75) is 90.9 Å². The molecule has 11 nitrogen and oxygen atoms in total. The first-order valence-electron chi connectivity index (χ1n) is 14.1. The minimum atomic E-state index is -1.01. The topological polar surface area (TPSA) is 148 Å². The molecule has 42 heavy (non-hydrogen) atoms. The monoisotopic (exact) mass is 585 g/mol. The molecule has 0 saturated heterocycles. The first kappa shape index (κ1) is 34.2. The Hall–Kier alpha value is -4.02. The van der Waals surface area contributed by atoms with Crippen molar-refractivity contribution in [2.24, 2.45) is 5.92 Å². The molecule has 2 atom stereocenters. The van der Waals surface area contributed by atoms with E-state index in [1.54, 1.807) is 41.5 Å². The first-order valence-corrected chi connectivity index (χ1v) is 14.1. The number of Topliss-reactive ketones (excluding diaryl/α,β-unsaturated/α-hetero) is 1. The van der Waals surface area contributed by atoms with Gasteiger partial charge < -0.3 is 20.1 Å². The maximum absolute atomic E-state index is 13.5. The zero-order valence-corrected chi connectivity index (χ0v) is 25.4. The Balaban J connectivity index is 2.10. The van der Waals surface area contributed by atoms with E-state index in [4.69, 9.17) is 9.47 Å². The summed E-state index contributed by atoms with van der Waals surface area (Å²) in [5.74, 6) is -3.09. The lowest BCUT2D eigenvalue weighted by atomic mass is 9.92. The fourth-order valence-corrected chi connectivity index (χ4v) is 4.17. The Morgan fingerprint density at radius 3 is 2.02 bits per heavy atom. The molecule has 0 fully saturated rings. The van der Waals surface area contributed by atoms with Crippen molar-refractivity contribution in [2.75, 3.05) is 13.1 Å². The highest BCUT2D eigenvalue weighted by Gasteiger charge is 2.31. The van der Waals surface area contributed by atoms with Crippen molar-refractivity contribution >= 4 is 35.6 Å². The van der Waals surface area contributed by atoms with E-state index in [-0.39, 0.29) is 49.9 Å². The maximum atomic E-state index is 13.5. The molecule has 4 amide bonds. The van der Waals surface area contributed by atoms with Crippen LogP contribution in [0.5, 0.6) is 0 Å². The van der Waals surface area contributed by atoms with Crippen LogP contribution in [-0.4, -0.2) is 70.8 Å². The van der Waals surface area contributed by atoms with Crippen molar-refractivity contribution in [1.82, 2.24) is 15.5 Å². The standard InChI is InChI=1S/C31H43N3O8/c1-30(2,3)41-28(39)24(14-10-11-17-34-25(36)15-16-26(34)37)33-27(38)22(18-21-12-8-7-9-13-21)19-23(35)20-32-29(40)42-31(4,5)6/h7-9,12-13,15-16,22,24H,10-11,14,17-20H2,1-6H3,(H,32,40)(H,33,38)/t22-,24+/m1/s1. The maximum Gasteiger partial charge on any atom is 0.408 e. The predicted octanol–water partition coefficient (Wildman–Crippen LogP) is 3.25. The molecule has 0 aromatic heterocycles. The van der Waals surface area contributed by atoms with Crippen LogP contribution >= 0.6 is 0 Å². The number of nitrogens with zero attached hydrogens (tertiary/aromatic N) is 1. The molecule has 0 radical (unpaired) electrons. The summed E-state index contributed by atoms with van der Waals surface area (Å²) >= 11 is 0. The number of hydrogen-bond donors (Lipinski definition) is 2. The molecule has 1 aliphatic rings. The normalized spacial score (nSPS) is 14.8. The van der Waals surface area contributed by atoms with Gasteiger partial charge in [0.1, 0.15) is 17.2 Å².